The van der Waals surface area contributed by atoms with E-state index < -0.39 is 0 Å². The van der Waals surface area contributed by atoms with Gasteiger partial charge in [-0.1, -0.05) is 43.7 Å². The minimum Gasteiger partial charge on any atom is -0.383 e. The number of methoxy groups -OCH3 is 1. The van der Waals surface area contributed by atoms with Gasteiger partial charge < -0.3 is 19.9 Å². The highest BCUT2D eigenvalue weighted by atomic mass is 32.1. The van der Waals surface area contributed by atoms with E-state index >= 15 is 0 Å². The molecule has 1 aromatic carbocycles. The number of thiophene rings is 1. The Labute approximate surface area is 183 Å². The number of rotatable bonds is 12. The van der Waals surface area contributed by atoms with Crippen molar-refractivity contribution in [2.75, 3.05) is 33.4 Å². The highest BCUT2D eigenvalue weighted by Gasteiger charge is 2.22. The molecule has 0 aliphatic heterocycles. The Morgan fingerprint density at radius 3 is 2.50 bits per heavy atom. The molecule has 1 aromatic heterocycles. The summed E-state index contributed by atoms with van der Waals surface area (Å²) in [5.41, 5.74) is 2.25. The van der Waals surface area contributed by atoms with Crippen molar-refractivity contribution in [2.45, 2.75) is 39.8 Å². The Hall–Kier alpha value is -2.38. The van der Waals surface area contributed by atoms with Crippen LogP contribution in [0, 0.1) is 6.92 Å². The maximum absolute atomic E-state index is 13.3. The summed E-state index contributed by atoms with van der Waals surface area (Å²) in [6.45, 7) is 6.57. The minimum atomic E-state index is -0.221. The molecule has 1 N–H and O–H groups in total. The van der Waals surface area contributed by atoms with Crippen molar-refractivity contribution in [3.05, 3.63) is 57.8 Å². The number of unbranched alkanes of at least 4 members (excludes halogenated alkanes) is 1. The molecule has 1 heterocycles. The van der Waals surface area contributed by atoms with Gasteiger partial charge in [0.1, 0.15) is 6.54 Å². The summed E-state index contributed by atoms with van der Waals surface area (Å²) in [5, 5.41) is 4.95. The molecule has 0 spiro atoms. The van der Waals surface area contributed by atoms with Gasteiger partial charge in [-0.25, -0.2) is 4.79 Å². The summed E-state index contributed by atoms with van der Waals surface area (Å²) >= 11 is 1.65. The highest BCUT2D eigenvalue weighted by molar-refractivity contribution is 7.10. The second-order valence-corrected chi connectivity index (χ2v) is 8.26. The maximum Gasteiger partial charge on any atom is 0.317 e. The summed E-state index contributed by atoms with van der Waals surface area (Å²) < 4.78 is 5.14. The third-order valence-corrected chi connectivity index (χ3v) is 5.86. The molecule has 0 aliphatic carbocycles. The van der Waals surface area contributed by atoms with Crippen molar-refractivity contribution in [1.82, 2.24) is 15.1 Å². The van der Waals surface area contributed by atoms with Crippen LogP contribution in [0.25, 0.3) is 0 Å². The molecule has 2 aromatic rings. The van der Waals surface area contributed by atoms with Crippen molar-refractivity contribution >= 4 is 23.3 Å². The largest absolute Gasteiger partial charge is 0.383 e. The van der Waals surface area contributed by atoms with Gasteiger partial charge >= 0.3 is 6.03 Å². The molecule has 0 saturated carbocycles. The molecule has 3 amide bonds. The summed E-state index contributed by atoms with van der Waals surface area (Å²) in [7, 11) is 1.59. The summed E-state index contributed by atoms with van der Waals surface area (Å²) in [6.07, 6.45) is 1.91. The number of hydrogen-bond donors (Lipinski definition) is 1. The van der Waals surface area contributed by atoms with Crippen LogP contribution < -0.4 is 5.32 Å². The fourth-order valence-electron chi connectivity index (χ4n) is 2.98. The van der Waals surface area contributed by atoms with Crippen molar-refractivity contribution in [3.63, 3.8) is 0 Å². The lowest BCUT2D eigenvalue weighted by Gasteiger charge is -2.28. The molecular weight excluding hydrogens is 398 g/mol. The van der Waals surface area contributed by atoms with Gasteiger partial charge in [-0.05, 0) is 35.9 Å². The quantitative estimate of drug-likeness (QED) is 0.516. The Bertz CT molecular complexity index is 779. The fourth-order valence-corrected chi connectivity index (χ4v) is 3.90. The lowest BCUT2D eigenvalue weighted by molar-refractivity contribution is -0.133. The first kappa shape index (κ1) is 23.9. The van der Waals surface area contributed by atoms with E-state index in [1.807, 2.05) is 40.6 Å². The molecule has 0 bridgehead atoms. The van der Waals surface area contributed by atoms with E-state index in [2.05, 4.69) is 25.2 Å². The molecule has 0 radical (unpaired) electrons. The molecule has 0 unspecified atom stereocenters. The second-order valence-electron chi connectivity index (χ2n) is 7.26. The van der Waals surface area contributed by atoms with E-state index in [4.69, 9.17) is 4.74 Å². The number of nitrogens with zero attached hydrogens (tertiary/aromatic N) is 2. The van der Waals surface area contributed by atoms with Crippen LogP contribution in [0.15, 0.2) is 41.8 Å². The summed E-state index contributed by atoms with van der Waals surface area (Å²) in [4.78, 5) is 30.4. The number of ether oxygens (including phenoxy) is 1. The Morgan fingerprint density at radius 2 is 1.87 bits per heavy atom. The lowest BCUT2D eigenvalue weighted by atomic mass is 10.2. The first-order chi connectivity index (χ1) is 14.5. The third kappa shape index (κ3) is 7.80. The van der Waals surface area contributed by atoms with Gasteiger partial charge in [0.05, 0.1) is 13.2 Å². The van der Waals surface area contributed by atoms with Gasteiger partial charge in [-0.2, -0.15) is 0 Å². The number of urea groups is 1. The molecule has 0 fully saturated rings. The number of carbonyl (C=O) groups excluding carboxylic acids is 2. The molecule has 0 atom stereocenters. The Kier molecular flexibility index (Phi) is 10.4. The van der Waals surface area contributed by atoms with Gasteiger partial charge in [0.25, 0.3) is 0 Å². The minimum absolute atomic E-state index is 0.0264. The fraction of sp³-hybridized carbons (Fsp3) is 0.478. The van der Waals surface area contributed by atoms with Crippen molar-refractivity contribution in [1.29, 1.82) is 0 Å². The van der Waals surface area contributed by atoms with E-state index in [-0.39, 0.29) is 18.5 Å². The van der Waals surface area contributed by atoms with E-state index in [0.717, 1.165) is 23.3 Å². The zero-order valence-corrected chi connectivity index (χ0v) is 19.0. The molecular formula is C23H33N3O3S. The monoisotopic (exact) mass is 431 g/mol. The van der Waals surface area contributed by atoms with Crippen molar-refractivity contribution < 1.29 is 14.3 Å². The average molecular weight is 432 g/mol. The van der Waals surface area contributed by atoms with E-state index in [9.17, 15) is 9.59 Å². The number of carbonyl (C=O) groups is 2. The Morgan fingerprint density at radius 1 is 1.10 bits per heavy atom. The standard InChI is InChI=1S/C23H33N3O3S/c1-4-5-12-24-23(28)25(13-14-29-3)18-22(27)26(16-20-9-7-6-8-10-20)17-21-19(2)11-15-30-21/h6-11,15H,4-5,12-14,16-18H2,1-3H3,(H,24,28). The second kappa shape index (κ2) is 13.0. The number of aryl methyl sites for hydroxylation is 1. The number of hydrogen-bond acceptors (Lipinski definition) is 4. The van der Waals surface area contributed by atoms with Crippen LogP contribution in [0.2, 0.25) is 0 Å². The van der Waals surface area contributed by atoms with Crippen LogP contribution in [-0.4, -0.2) is 55.1 Å². The van der Waals surface area contributed by atoms with Crippen LogP contribution in [0.3, 0.4) is 0 Å². The predicted molar refractivity (Wildman–Crippen MR) is 122 cm³/mol. The summed E-state index contributed by atoms with van der Waals surface area (Å²) in [6, 6.07) is 11.8. The van der Waals surface area contributed by atoms with Crippen molar-refractivity contribution in [3.8, 4) is 0 Å². The smallest absolute Gasteiger partial charge is 0.317 e. The van der Waals surface area contributed by atoms with Crippen LogP contribution in [0.4, 0.5) is 4.79 Å². The molecule has 0 aliphatic rings. The van der Waals surface area contributed by atoms with E-state index in [1.54, 1.807) is 23.3 Å². The van der Waals surface area contributed by atoms with Gasteiger partial charge in [0.15, 0.2) is 0 Å². The number of amides is 3. The summed E-state index contributed by atoms with van der Waals surface area (Å²) in [5.74, 6) is -0.0756. The molecule has 0 saturated heterocycles. The molecule has 2 rings (SSSR count). The van der Waals surface area contributed by atoms with Gasteiger partial charge in [0.2, 0.25) is 5.91 Å². The lowest BCUT2D eigenvalue weighted by Crippen LogP contribution is -2.47. The van der Waals surface area contributed by atoms with Crippen LogP contribution >= 0.6 is 11.3 Å². The molecule has 164 valence electrons. The molecule has 6 nitrogen and oxygen atoms in total. The highest BCUT2D eigenvalue weighted by Crippen LogP contribution is 2.19. The van der Waals surface area contributed by atoms with Gasteiger partial charge in [0, 0.05) is 31.6 Å². The average Bonchev–Trinajstić information content (AvgIpc) is 3.15. The zero-order chi connectivity index (χ0) is 21.8. The number of nitrogens with one attached hydrogen (secondary N) is 1. The van der Waals surface area contributed by atoms with E-state index in [1.165, 1.54) is 5.56 Å². The first-order valence-corrected chi connectivity index (χ1v) is 11.3. The Balaban J connectivity index is 2.12. The van der Waals surface area contributed by atoms with Gasteiger partial charge in [-0.3, -0.25) is 4.79 Å². The van der Waals surface area contributed by atoms with Crippen LogP contribution in [0.5, 0.6) is 0 Å². The third-order valence-electron chi connectivity index (χ3n) is 4.86. The van der Waals surface area contributed by atoms with Gasteiger partial charge in [-0.15, -0.1) is 11.3 Å². The normalized spacial score (nSPS) is 10.6. The number of benzene rings is 1. The van der Waals surface area contributed by atoms with Crippen molar-refractivity contribution in [2.24, 2.45) is 0 Å². The zero-order valence-electron chi connectivity index (χ0n) is 18.2. The topological polar surface area (TPSA) is 61.9 Å². The molecule has 30 heavy (non-hydrogen) atoms. The van der Waals surface area contributed by atoms with Crippen LogP contribution in [-0.2, 0) is 22.6 Å². The SMILES string of the molecule is CCCCNC(=O)N(CCOC)CC(=O)N(Cc1ccccc1)Cc1sccc1C. The predicted octanol–water partition coefficient (Wildman–Crippen LogP) is 4.04. The molecule has 7 heteroatoms. The van der Waals surface area contributed by atoms with E-state index in [0.29, 0.717) is 32.8 Å². The van der Waals surface area contributed by atoms with Crippen LogP contribution in [0.1, 0.15) is 35.8 Å². The first-order valence-electron chi connectivity index (χ1n) is 10.4. The maximum atomic E-state index is 13.3.